The number of nitrogens with one attached hydrogen (secondary N) is 1. The van der Waals surface area contributed by atoms with Crippen LogP contribution in [0.4, 0.5) is 5.82 Å². The number of fused-ring (bicyclic) bond motifs is 3. The summed E-state index contributed by atoms with van der Waals surface area (Å²) in [6.45, 7) is 2.37. The predicted molar refractivity (Wildman–Crippen MR) is 128 cm³/mol. The minimum absolute atomic E-state index is 0.0556. The largest absolute Gasteiger partial charge is 0.504 e. The molecule has 3 aliphatic carbocycles. The van der Waals surface area contributed by atoms with Crippen molar-refractivity contribution in [3.63, 3.8) is 0 Å². The highest BCUT2D eigenvalue weighted by Gasteiger charge is 2.59. The van der Waals surface area contributed by atoms with Crippen LogP contribution in [-0.4, -0.2) is 83.6 Å². The lowest BCUT2D eigenvalue weighted by Gasteiger charge is -2.53. The summed E-state index contributed by atoms with van der Waals surface area (Å²) in [6, 6.07) is -0.742. The third-order valence-corrected chi connectivity index (χ3v) is 8.10. The van der Waals surface area contributed by atoms with Crippen LogP contribution in [0.2, 0.25) is 5.15 Å². The fourth-order valence-electron chi connectivity index (χ4n) is 6.13. The Bertz CT molecular complexity index is 1140. The summed E-state index contributed by atoms with van der Waals surface area (Å²) in [5.74, 6) is -3.81. The minimum Gasteiger partial charge on any atom is -0.504 e. The maximum atomic E-state index is 13.8. The number of pyridine rings is 1. The number of carbonyl (C=O) groups is 3. The lowest BCUT2D eigenvalue weighted by atomic mass is 9.55. The molecule has 10 nitrogen and oxygen atoms in total. The van der Waals surface area contributed by atoms with Gasteiger partial charge in [-0.1, -0.05) is 11.6 Å². The number of ether oxygens (including phenoxy) is 1. The predicted octanol–water partition coefficient (Wildman–Crippen LogP) is 0.926. The number of ketones is 2. The number of amides is 1. The number of allylic oxidation sites excluding steroid dienone is 1. The highest BCUT2D eigenvalue weighted by Crippen LogP contribution is 2.54. The van der Waals surface area contributed by atoms with Gasteiger partial charge < -0.3 is 26.0 Å². The number of methoxy groups -OCH3 is 1. The zero-order valence-electron chi connectivity index (χ0n) is 20.2. The van der Waals surface area contributed by atoms with E-state index in [1.54, 1.807) is 25.9 Å². The standard InChI is InChI=1S/C24H31ClN4O6/c1-10-15-11(8-14-17(29(2)3)18(30)13(22(26)33)9-24(10,14)34)7-12-16(19(15)31)20(32)23(28-21(12)25)27-5-6-35-4/h11,13-14,17,32,34H,5-9H2,1-4H3,(H2,26,33)(H,27,28). The normalized spacial score (nSPS) is 30.1. The number of aromatic nitrogens is 1. The first-order valence-electron chi connectivity index (χ1n) is 11.6. The van der Waals surface area contributed by atoms with Crippen molar-refractivity contribution in [2.75, 3.05) is 39.7 Å². The molecule has 0 aromatic carbocycles. The molecule has 35 heavy (non-hydrogen) atoms. The molecular formula is C24H31ClN4O6. The van der Waals surface area contributed by atoms with Gasteiger partial charge in [0.05, 0.1) is 23.8 Å². The first-order chi connectivity index (χ1) is 16.4. The fraction of sp³-hybridized carbons (Fsp3) is 0.583. The molecule has 1 fully saturated rings. The second-order valence-corrected chi connectivity index (χ2v) is 10.2. The molecule has 5 unspecified atom stereocenters. The molecule has 0 aliphatic heterocycles. The van der Waals surface area contributed by atoms with E-state index in [1.165, 1.54) is 7.11 Å². The number of carbonyl (C=O) groups excluding carboxylic acids is 3. The monoisotopic (exact) mass is 506 g/mol. The molecule has 190 valence electrons. The third-order valence-electron chi connectivity index (χ3n) is 7.79. The van der Waals surface area contributed by atoms with Crippen molar-refractivity contribution in [3.05, 3.63) is 27.4 Å². The second kappa shape index (κ2) is 9.16. The Morgan fingerprint density at radius 2 is 2.06 bits per heavy atom. The van der Waals surface area contributed by atoms with E-state index < -0.39 is 35.2 Å². The van der Waals surface area contributed by atoms with Gasteiger partial charge >= 0.3 is 0 Å². The number of Topliss-reactive ketones (excluding diaryl/α,β-unsaturated/α-hetero) is 2. The first kappa shape index (κ1) is 25.6. The molecule has 1 amide bonds. The van der Waals surface area contributed by atoms with Gasteiger partial charge in [0.25, 0.3) is 0 Å². The first-order valence-corrected chi connectivity index (χ1v) is 11.9. The molecule has 11 heteroatoms. The Labute approximate surface area is 208 Å². The number of nitrogens with zero attached hydrogens (tertiary/aromatic N) is 2. The van der Waals surface area contributed by atoms with Crippen molar-refractivity contribution in [2.45, 2.75) is 37.8 Å². The van der Waals surface area contributed by atoms with Gasteiger partial charge in [0.2, 0.25) is 5.91 Å². The number of rotatable bonds is 6. The molecule has 1 aromatic heterocycles. The second-order valence-electron chi connectivity index (χ2n) is 9.88. The third kappa shape index (κ3) is 3.92. The molecule has 5 atom stereocenters. The smallest absolute Gasteiger partial charge is 0.228 e. The van der Waals surface area contributed by atoms with E-state index in [0.717, 1.165) is 0 Å². The summed E-state index contributed by atoms with van der Waals surface area (Å²) in [7, 11) is 4.98. The average molecular weight is 507 g/mol. The van der Waals surface area contributed by atoms with E-state index in [1.807, 2.05) is 0 Å². The van der Waals surface area contributed by atoms with Crippen LogP contribution in [-0.2, 0) is 20.7 Å². The summed E-state index contributed by atoms with van der Waals surface area (Å²) in [5, 5.41) is 25.9. The number of likely N-dealkylation sites (N-methyl/N-ethyl adjacent to an activating group) is 1. The molecule has 0 bridgehead atoms. The fourth-order valence-corrected chi connectivity index (χ4v) is 6.39. The Hall–Kier alpha value is -2.53. The number of anilines is 1. The average Bonchev–Trinajstić information content (AvgIpc) is 2.78. The van der Waals surface area contributed by atoms with Gasteiger partial charge in [0, 0.05) is 30.7 Å². The van der Waals surface area contributed by atoms with Crippen molar-refractivity contribution in [2.24, 2.45) is 23.5 Å². The molecular weight excluding hydrogens is 476 g/mol. The maximum Gasteiger partial charge on any atom is 0.228 e. The lowest BCUT2D eigenvalue weighted by molar-refractivity contribution is -0.153. The van der Waals surface area contributed by atoms with Gasteiger partial charge in [-0.05, 0) is 51.8 Å². The van der Waals surface area contributed by atoms with Gasteiger partial charge in [-0.15, -0.1) is 0 Å². The number of hydrogen-bond acceptors (Lipinski definition) is 9. The van der Waals surface area contributed by atoms with Crippen molar-refractivity contribution < 1.29 is 29.3 Å². The summed E-state index contributed by atoms with van der Waals surface area (Å²) in [4.78, 5) is 45.0. The van der Waals surface area contributed by atoms with Gasteiger partial charge in [-0.2, -0.15) is 0 Å². The molecule has 0 radical (unpaired) electrons. The van der Waals surface area contributed by atoms with Crippen molar-refractivity contribution >= 4 is 34.9 Å². The van der Waals surface area contributed by atoms with Crippen LogP contribution in [0.1, 0.15) is 35.7 Å². The Morgan fingerprint density at radius 1 is 1.37 bits per heavy atom. The van der Waals surface area contributed by atoms with E-state index in [2.05, 4.69) is 10.3 Å². The van der Waals surface area contributed by atoms with Crippen LogP contribution in [0.3, 0.4) is 0 Å². The lowest BCUT2D eigenvalue weighted by Crippen LogP contribution is -2.64. The molecule has 1 saturated carbocycles. The van der Waals surface area contributed by atoms with Crippen molar-refractivity contribution in [3.8, 4) is 5.75 Å². The quantitative estimate of drug-likeness (QED) is 0.250. The van der Waals surface area contributed by atoms with Crippen LogP contribution < -0.4 is 11.1 Å². The van der Waals surface area contributed by atoms with Gasteiger partial charge in [-0.25, -0.2) is 4.98 Å². The number of halogens is 1. The molecule has 4 rings (SSSR count). The number of hydrogen-bond donors (Lipinski definition) is 4. The van der Waals surface area contributed by atoms with E-state index in [0.29, 0.717) is 42.7 Å². The van der Waals surface area contributed by atoms with Crippen LogP contribution in [0.25, 0.3) is 0 Å². The highest BCUT2D eigenvalue weighted by molar-refractivity contribution is 6.31. The number of primary amides is 1. The Kier molecular flexibility index (Phi) is 6.69. The van der Waals surface area contributed by atoms with Crippen LogP contribution in [0, 0.1) is 17.8 Å². The van der Waals surface area contributed by atoms with Crippen molar-refractivity contribution in [1.29, 1.82) is 0 Å². The molecule has 0 spiro atoms. The zero-order chi connectivity index (χ0) is 25.8. The van der Waals surface area contributed by atoms with Crippen LogP contribution in [0.15, 0.2) is 11.1 Å². The van der Waals surface area contributed by atoms with E-state index in [-0.39, 0.29) is 40.4 Å². The summed E-state index contributed by atoms with van der Waals surface area (Å²) >= 11 is 6.46. The van der Waals surface area contributed by atoms with Gasteiger partial charge in [-0.3, -0.25) is 19.3 Å². The van der Waals surface area contributed by atoms with Gasteiger partial charge in [0.1, 0.15) is 11.1 Å². The Morgan fingerprint density at radius 3 is 2.66 bits per heavy atom. The van der Waals surface area contributed by atoms with E-state index >= 15 is 0 Å². The molecule has 3 aliphatic rings. The summed E-state index contributed by atoms with van der Waals surface area (Å²) < 4.78 is 5.00. The molecule has 1 heterocycles. The van der Waals surface area contributed by atoms with Crippen LogP contribution >= 0.6 is 11.6 Å². The van der Waals surface area contributed by atoms with Crippen LogP contribution in [0.5, 0.6) is 5.75 Å². The minimum atomic E-state index is -1.58. The topological polar surface area (TPSA) is 155 Å². The Balaban J connectivity index is 1.83. The number of nitrogens with two attached hydrogens (primary N) is 1. The molecule has 1 aromatic rings. The van der Waals surface area contributed by atoms with Crippen molar-refractivity contribution in [1.82, 2.24) is 9.88 Å². The molecule has 5 N–H and O–H groups in total. The SMILES string of the molecule is COCCNc1nc(Cl)c2c(c1O)C(=O)C1=C(C)C3(O)CC(C(N)=O)C(=O)C(N(C)C)C3CC1C2. The summed E-state index contributed by atoms with van der Waals surface area (Å²) in [6.07, 6.45) is 0.482. The van der Waals surface area contributed by atoms with E-state index in [4.69, 9.17) is 22.1 Å². The maximum absolute atomic E-state index is 13.8. The highest BCUT2D eigenvalue weighted by atomic mass is 35.5. The van der Waals surface area contributed by atoms with Gasteiger partial charge in [0.15, 0.2) is 23.1 Å². The van der Waals surface area contributed by atoms with E-state index in [9.17, 15) is 24.6 Å². The zero-order valence-corrected chi connectivity index (χ0v) is 21.0. The summed E-state index contributed by atoms with van der Waals surface area (Å²) in [5.41, 5.74) is 5.24. The molecule has 0 saturated heterocycles. The number of aromatic hydroxyl groups is 1. The number of aliphatic hydroxyl groups is 1.